The molecule has 0 fully saturated rings. The molecule has 2 rings (SSSR count). The molecule has 0 bridgehead atoms. The van der Waals surface area contributed by atoms with Crippen molar-refractivity contribution in [2.45, 2.75) is 19.4 Å². The Balaban J connectivity index is 2.26. The average Bonchev–Trinajstić information content (AvgIpc) is 2.94. The molecule has 0 aromatic heterocycles. The zero-order valence-corrected chi connectivity index (χ0v) is 11.8. The first-order chi connectivity index (χ1) is 9.67. The second-order valence-electron chi connectivity index (χ2n) is 4.60. The molecule has 20 heavy (non-hydrogen) atoms. The van der Waals surface area contributed by atoms with E-state index in [1.54, 1.807) is 11.9 Å². The van der Waals surface area contributed by atoms with Gasteiger partial charge in [0.2, 0.25) is 6.79 Å². The van der Waals surface area contributed by atoms with E-state index in [1.165, 1.54) is 0 Å². The first-order valence-corrected chi connectivity index (χ1v) is 6.50. The minimum atomic E-state index is -0.0377. The van der Waals surface area contributed by atoms with E-state index < -0.39 is 0 Å². The Morgan fingerprint density at radius 3 is 2.90 bits per heavy atom. The lowest BCUT2D eigenvalue weighted by Crippen LogP contribution is -2.40. The van der Waals surface area contributed by atoms with Crippen LogP contribution in [0.25, 0.3) is 0 Å². The molecule has 0 amide bonds. The zero-order valence-electron chi connectivity index (χ0n) is 11.8. The number of nitrogens with one attached hydrogen (secondary N) is 1. The standard InChI is InChI=1S/C13H21N5O2/c1-9(17-14)18(15)11(5-6-16-2)10-3-4-12-13(7-10)20-8-19-12/h3-4,7,11,16H,5-6,8,14-15H2,1-2H3/b17-9-. The highest BCUT2D eigenvalue weighted by Crippen LogP contribution is 2.35. The quantitative estimate of drug-likeness (QED) is 0.315. The van der Waals surface area contributed by atoms with Crippen LogP contribution in [-0.2, 0) is 0 Å². The normalized spacial score (nSPS) is 15.2. The Kier molecular flexibility index (Phi) is 4.65. The van der Waals surface area contributed by atoms with Gasteiger partial charge in [0.25, 0.3) is 0 Å². The molecule has 0 spiro atoms. The maximum absolute atomic E-state index is 6.11. The number of hydrazine groups is 1. The third kappa shape index (κ3) is 2.94. The summed E-state index contributed by atoms with van der Waals surface area (Å²) in [4.78, 5) is 0. The smallest absolute Gasteiger partial charge is 0.231 e. The molecule has 7 heteroatoms. The molecule has 1 heterocycles. The molecule has 1 unspecified atom stereocenters. The molecule has 0 saturated heterocycles. The lowest BCUT2D eigenvalue weighted by Gasteiger charge is -2.29. The van der Waals surface area contributed by atoms with Crippen LogP contribution in [0.5, 0.6) is 11.5 Å². The van der Waals surface area contributed by atoms with E-state index in [-0.39, 0.29) is 12.8 Å². The van der Waals surface area contributed by atoms with E-state index >= 15 is 0 Å². The van der Waals surface area contributed by atoms with Crippen LogP contribution in [0.3, 0.4) is 0 Å². The first kappa shape index (κ1) is 14.4. The third-order valence-corrected chi connectivity index (χ3v) is 3.35. The predicted molar refractivity (Wildman–Crippen MR) is 77.2 cm³/mol. The summed E-state index contributed by atoms with van der Waals surface area (Å²) in [5.74, 6) is 13.5. The van der Waals surface area contributed by atoms with Crippen molar-refractivity contribution in [1.29, 1.82) is 0 Å². The number of ether oxygens (including phenoxy) is 2. The first-order valence-electron chi connectivity index (χ1n) is 6.50. The zero-order chi connectivity index (χ0) is 14.5. The van der Waals surface area contributed by atoms with Gasteiger partial charge in [-0.3, -0.25) is 5.01 Å². The molecule has 0 aliphatic carbocycles. The van der Waals surface area contributed by atoms with Crippen LogP contribution in [0.1, 0.15) is 24.9 Å². The number of hydrogen-bond donors (Lipinski definition) is 3. The number of nitrogens with two attached hydrogens (primary N) is 2. The average molecular weight is 279 g/mol. The lowest BCUT2D eigenvalue weighted by atomic mass is 10.0. The summed E-state index contributed by atoms with van der Waals surface area (Å²) in [6, 6.07) is 5.79. The fourth-order valence-corrected chi connectivity index (χ4v) is 2.16. The summed E-state index contributed by atoms with van der Waals surface area (Å²) < 4.78 is 10.7. The van der Waals surface area contributed by atoms with E-state index in [1.807, 2.05) is 25.2 Å². The molecule has 5 N–H and O–H groups in total. The molecule has 0 radical (unpaired) electrons. The Labute approximate surface area is 118 Å². The summed E-state index contributed by atoms with van der Waals surface area (Å²) in [7, 11) is 1.90. The maximum Gasteiger partial charge on any atom is 0.231 e. The molecule has 7 nitrogen and oxygen atoms in total. The predicted octanol–water partition coefficient (Wildman–Crippen LogP) is 0.534. The Bertz CT molecular complexity index is 492. The molecule has 1 atom stereocenters. The second kappa shape index (κ2) is 6.44. The molecule has 110 valence electrons. The van der Waals surface area contributed by atoms with Crippen molar-refractivity contribution in [3.63, 3.8) is 0 Å². The number of benzene rings is 1. The van der Waals surface area contributed by atoms with E-state index in [2.05, 4.69) is 10.4 Å². The van der Waals surface area contributed by atoms with Crippen molar-refractivity contribution in [3.05, 3.63) is 23.8 Å². The van der Waals surface area contributed by atoms with Gasteiger partial charge in [-0.15, -0.1) is 0 Å². The van der Waals surface area contributed by atoms with Gasteiger partial charge >= 0.3 is 0 Å². The van der Waals surface area contributed by atoms with Crippen molar-refractivity contribution >= 4 is 5.84 Å². The Morgan fingerprint density at radius 1 is 1.45 bits per heavy atom. The third-order valence-electron chi connectivity index (χ3n) is 3.35. The number of fused-ring (bicyclic) bond motifs is 1. The molecule has 0 saturated carbocycles. The fourth-order valence-electron chi connectivity index (χ4n) is 2.16. The number of rotatable bonds is 5. The largest absolute Gasteiger partial charge is 0.454 e. The van der Waals surface area contributed by atoms with Gasteiger partial charge in [-0.1, -0.05) is 6.07 Å². The van der Waals surface area contributed by atoms with Crippen LogP contribution in [0.15, 0.2) is 23.3 Å². The highest BCUT2D eigenvalue weighted by molar-refractivity contribution is 5.79. The van der Waals surface area contributed by atoms with Gasteiger partial charge < -0.3 is 20.6 Å². The lowest BCUT2D eigenvalue weighted by molar-refractivity contribution is 0.174. The van der Waals surface area contributed by atoms with Crippen molar-refractivity contribution in [3.8, 4) is 11.5 Å². The minimum Gasteiger partial charge on any atom is -0.454 e. The topological polar surface area (TPSA) is 98.1 Å². The van der Waals surface area contributed by atoms with Gasteiger partial charge in [-0.25, -0.2) is 5.84 Å². The summed E-state index contributed by atoms with van der Waals surface area (Å²) in [5, 5.41) is 8.36. The molecular weight excluding hydrogens is 258 g/mol. The molecule has 1 aliphatic heterocycles. The van der Waals surface area contributed by atoms with E-state index in [0.29, 0.717) is 5.84 Å². The monoisotopic (exact) mass is 279 g/mol. The number of hydrogen-bond acceptors (Lipinski definition) is 6. The summed E-state index contributed by atoms with van der Waals surface area (Å²) in [6.07, 6.45) is 0.819. The summed E-state index contributed by atoms with van der Waals surface area (Å²) >= 11 is 0. The number of amidine groups is 1. The summed E-state index contributed by atoms with van der Waals surface area (Å²) in [5.41, 5.74) is 1.04. The number of hydrazone groups is 1. The molecule has 1 aromatic carbocycles. The van der Waals surface area contributed by atoms with Crippen molar-refractivity contribution in [2.24, 2.45) is 16.8 Å². The van der Waals surface area contributed by atoms with Gasteiger partial charge in [0.15, 0.2) is 11.5 Å². The van der Waals surface area contributed by atoms with E-state index in [0.717, 1.165) is 30.0 Å². The molecule has 1 aliphatic rings. The molecule has 1 aromatic rings. The highest BCUT2D eigenvalue weighted by Gasteiger charge is 2.22. The van der Waals surface area contributed by atoms with Crippen LogP contribution in [-0.4, -0.2) is 31.2 Å². The summed E-state index contributed by atoms with van der Waals surface area (Å²) in [6.45, 7) is 2.86. The maximum atomic E-state index is 6.11. The van der Waals surface area contributed by atoms with Gasteiger partial charge in [0, 0.05) is 0 Å². The van der Waals surface area contributed by atoms with Gasteiger partial charge in [0.05, 0.1) is 6.04 Å². The van der Waals surface area contributed by atoms with Gasteiger partial charge in [0.1, 0.15) is 5.84 Å². The van der Waals surface area contributed by atoms with Crippen LogP contribution in [0, 0.1) is 0 Å². The molecular formula is C13H21N5O2. The van der Waals surface area contributed by atoms with Gasteiger partial charge in [-0.05, 0) is 44.6 Å². The van der Waals surface area contributed by atoms with Gasteiger partial charge in [-0.2, -0.15) is 5.10 Å². The van der Waals surface area contributed by atoms with Crippen molar-refractivity contribution < 1.29 is 9.47 Å². The van der Waals surface area contributed by atoms with Crippen molar-refractivity contribution in [1.82, 2.24) is 10.3 Å². The van der Waals surface area contributed by atoms with E-state index in [9.17, 15) is 0 Å². The van der Waals surface area contributed by atoms with E-state index in [4.69, 9.17) is 21.2 Å². The highest BCUT2D eigenvalue weighted by atomic mass is 16.7. The second-order valence-corrected chi connectivity index (χ2v) is 4.60. The Hall–Kier alpha value is -1.99. The fraction of sp³-hybridized carbons (Fsp3) is 0.462. The number of nitrogens with zero attached hydrogens (tertiary/aromatic N) is 2. The Morgan fingerprint density at radius 2 is 2.20 bits per heavy atom. The van der Waals surface area contributed by atoms with Crippen molar-refractivity contribution in [2.75, 3.05) is 20.4 Å². The SMILES string of the molecule is CNCCC(c1ccc2c(c1)OCO2)N(N)/C(C)=N\N. The van der Waals surface area contributed by atoms with Crippen LogP contribution in [0.2, 0.25) is 0 Å². The van der Waals surface area contributed by atoms with Crippen LogP contribution >= 0.6 is 0 Å². The van der Waals surface area contributed by atoms with Crippen LogP contribution in [0.4, 0.5) is 0 Å². The minimum absolute atomic E-state index is 0.0377. The van der Waals surface area contributed by atoms with Crippen LogP contribution < -0.4 is 26.5 Å².